The molecule has 0 saturated carbocycles. The van der Waals surface area contributed by atoms with Crippen molar-refractivity contribution in [2.75, 3.05) is 19.9 Å². The maximum atomic E-state index is 13.2. The molecule has 2 aliphatic rings. The second-order valence-electron chi connectivity index (χ2n) is 9.47. The van der Waals surface area contributed by atoms with Gasteiger partial charge in [-0.15, -0.1) is 0 Å². The van der Waals surface area contributed by atoms with Crippen molar-refractivity contribution in [3.63, 3.8) is 0 Å². The van der Waals surface area contributed by atoms with Crippen LogP contribution in [-0.2, 0) is 11.3 Å². The van der Waals surface area contributed by atoms with Gasteiger partial charge in [0.25, 0.3) is 5.91 Å². The van der Waals surface area contributed by atoms with Crippen LogP contribution in [0.4, 0.5) is 0 Å². The minimum atomic E-state index is -0.0168. The van der Waals surface area contributed by atoms with Crippen LogP contribution in [0.5, 0.6) is 11.5 Å². The largest absolute Gasteiger partial charge is 0.454 e. The van der Waals surface area contributed by atoms with Crippen LogP contribution in [0.15, 0.2) is 71.1 Å². The van der Waals surface area contributed by atoms with E-state index in [4.69, 9.17) is 13.9 Å². The zero-order valence-corrected chi connectivity index (χ0v) is 20.3. The van der Waals surface area contributed by atoms with Gasteiger partial charge < -0.3 is 24.1 Å². The minimum absolute atomic E-state index is 0.0168. The number of piperidine rings is 1. The number of amides is 2. The molecule has 0 radical (unpaired) electrons. The zero-order valence-electron chi connectivity index (χ0n) is 20.3. The predicted molar refractivity (Wildman–Crippen MR) is 137 cm³/mol. The quantitative estimate of drug-likeness (QED) is 0.412. The SMILES string of the molecule is O=C(CC1CCN(C(=O)c2ccc3oc(-c4ccccc4)nc3c2)CC1)NCc1ccc2c(c1)OCO2. The standard InChI is InChI=1S/C29H27N3O5/c33-27(30-17-20-6-8-25-26(14-20)36-18-35-25)15-19-10-12-32(13-11-19)29(34)22-7-9-24-23(16-22)31-28(37-24)21-4-2-1-3-5-21/h1-9,14,16,19H,10-13,15,17-18H2,(H,30,33). The second kappa shape index (κ2) is 9.97. The van der Waals surface area contributed by atoms with Crippen molar-refractivity contribution >= 4 is 22.9 Å². The van der Waals surface area contributed by atoms with Crippen molar-refractivity contribution < 1.29 is 23.5 Å². The van der Waals surface area contributed by atoms with Gasteiger partial charge in [-0.25, -0.2) is 4.98 Å². The number of rotatable bonds is 6. The van der Waals surface area contributed by atoms with E-state index in [9.17, 15) is 9.59 Å². The Hall–Kier alpha value is -4.33. The number of carbonyl (C=O) groups excluding carboxylic acids is 2. The number of fused-ring (bicyclic) bond motifs is 2. The van der Waals surface area contributed by atoms with Crippen LogP contribution < -0.4 is 14.8 Å². The van der Waals surface area contributed by atoms with Gasteiger partial charge in [0.15, 0.2) is 17.1 Å². The van der Waals surface area contributed by atoms with Crippen molar-refractivity contribution in [1.82, 2.24) is 15.2 Å². The summed E-state index contributed by atoms with van der Waals surface area (Å²) in [5.74, 6) is 2.24. The van der Waals surface area contributed by atoms with Crippen molar-refractivity contribution in [3.05, 3.63) is 77.9 Å². The zero-order chi connectivity index (χ0) is 25.2. The Morgan fingerprint density at radius 3 is 2.59 bits per heavy atom. The molecule has 0 unspecified atom stereocenters. The average molecular weight is 498 g/mol. The number of hydrogen-bond acceptors (Lipinski definition) is 6. The Kier molecular flexibility index (Phi) is 6.22. The molecule has 37 heavy (non-hydrogen) atoms. The van der Waals surface area contributed by atoms with E-state index in [0.717, 1.165) is 29.7 Å². The first-order chi connectivity index (χ1) is 18.1. The summed E-state index contributed by atoms with van der Waals surface area (Å²) in [6, 6.07) is 20.8. The Bertz CT molecular complexity index is 1440. The Morgan fingerprint density at radius 1 is 0.946 bits per heavy atom. The number of ether oxygens (including phenoxy) is 2. The van der Waals surface area contributed by atoms with Gasteiger partial charge in [0, 0.05) is 37.2 Å². The third-order valence-electron chi connectivity index (χ3n) is 6.96. The molecule has 0 spiro atoms. The summed E-state index contributed by atoms with van der Waals surface area (Å²) in [4.78, 5) is 32.1. The van der Waals surface area contributed by atoms with Crippen molar-refractivity contribution in [2.24, 2.45) is 5.92 Å². The number of hydrogen-bond donors (Lipinski definition) is 1. The first-order valence-corrected chi connectivity index (χ1v) is 12.5. The lowest BCUT2D eigenvalue weighted by Gasteiger charge is -2.31. The molecular formula is C29H27N3O5. The molecule has 8 heteroatoms. The highest BCUT2D eigenvalue weighted by Crippen LogP contribution is 2.32. The maximum Gasteiger partial charge on any atom is 0.253 e. The average Bonchev–Trinajstić information content (AvgIpc) is 3.59. The molecule has 1 aromatic heterocycles. The molecule has 8 nitrogen and oxygen atoms in total. The van der Waals surface area contributed by atoms with E-state index in [1.165, 1.54) is 0 Å². The van der Waals surface area contributed by atoms with Crippen LogP contribution >= 0.6 is 0 Å². The van der Waals surface area contributed by atoms with E-state index < -0.39 is 0 Å². The minimum Gasteiger partial charge on any atom is -0.454 e. The number of nitrogens with one attached hydrogen (secondary N) is 1. The highest BCUT2D eigenvalue weighted by Gasteiger charge is 2.26. The predicted octanol–water partition coefficient (Wildman–Crippen LogP) is 4.78. The summed E-state index contributed by atoms with van der Waals surface area (Å²) >= 11 is 0. The van der Waals surface area contributed by atoms with Gasteiger partial charge >= 0.3 is 0 Å². The fourth-order valence-corrected chi connectivity index (χ4v) is 4.87. The topological polar surface area (TPSA) is 93.9 Å². The molecule has 188 valence electrons. The molecule has 1 fully saturated rings. The molecule has 2 amide bonds. The third kappa shape index (κ3) is 5.00. The lowest BCUT2D eigenvalue weighted by atomic mass is 9.92. The summed E-state index contributed by atoms with van der Waals surface area (Å²) in [6.07, 6.45) is 2.06. The number of benzene rings is 3. The summed E-state index contributed by atoms with van der Waals surface area (Å²) in [5.41, 5.74) is 3.78. The molecule has 3 aromatic carbocycles. The van der Waals surface area contributed by atoms with E-state index in [0.29, 0.717) is 54.4 Å². The fourth-order valence-electron chi connectivity index (χ4n) is 4.87. The van der Waals surface area contributed by atoms with Crippen LogP contribution in [0.3, 0.4) is 0 Å². The second-order valence-corrected chi connectivity index (χ2v) is 9.47. The van der Waals surface area contributed by atoms with Crippen LogP contribution in [0.25, 0.3) is 22.6 Å². The molecule has 1 saturated heterocycles. The summed E-state index contributed by atoms with van der Waals surface area (Å²) in [5, 5.41) is 3.00. The van der Waals surface area contributed by atoms with Crippen LogP contribution in [-0.4, -0.2) is 41.6 Å². The van der Waals surface area contributed by atoms with Crippen molar-refractivity contribution in [2.45, 2.75) is 25.8 Å². The number of carbonyl (C=O) groups is 2. The monoisotopic (exact) mass is 497 g/mol. The highest BCUT2D eigenvalue weighted by molar-refractivity contribution is 5.97. The van der Waals surface area contributed by atoms with Gasteiger partial charge in [0.2, 0.25) is 18.6 Å². The van der Waals surface area contributed by atoms with E-state index in [1.54, 1.807) is 18.2 Å². The molecule has 4 aromatic rings. The fraction of sp³-hybridized carbons (Fsp3) is 0.276. The van der Waals surface area contributed by atoms with Gasteiger partial charge in [-0.05, 0) is 66.8 Å². The van der Waals surface area contributed by atoms with Gasteiger partial charge in [-0.2, -0.15) is 0 Å². The lowest BCUT2D eigenvalue weighted by molar-refractivity contribution is -0.122. The van der Waals surface area contributed by atoms with Crippen LogP contribution in [0.2, 0.25) is 0 Å². The van der Waals surface area contributed by atoms with E-state index in [1.807, 2.05) is 53.4 Å². The lowest BCUT2D eigenvalue weighted by Crippen LogP contribution is -2.39. The van der Waals surface area contributed by atoms with E-state index >= 15 is 0 Å². The Morgan fingerprint density at radius 2 is 1.76 bits per heavy atom. The molecular weight excluding hydrogens is 470 g/mol. The maximum absolute atomic E-state index is 13.2. The van der Waals surface area contributed by atoms with Crippen LogP contribution in [0.1, 0.15) is 35.2 Å². The van der Waals surface area contributed by atoms with E-state index in [-0.39, 0.29) is 24.5 Å². The molecule has 3 heterocycles. The van der Waals surface area contributed by atoms with Gasteiger partial charge in [-0.1, -0.05) is 24.3 Å². The Balaban J connectivity index is 1.01. The van der Waals surface area contributed by atoms with E-state index in [2.05, 4.69) is 10.3 Å². The number of aromatic nitrogens is 1. The van der Waals surface area contributed by atoms with Crippen molar-refractivity contribution in [3.8, 4) is 23.0 Å². The van der Waals surface area contributed by atoms with Gasteiger partial charge in [0.05, 0.1) is 0 Å². The smallest absolute Gasteiger partial charge is 0.253 e. The summed E-state index contributed by atoms with van der Waals surface area (Å²) in [6.45, 7) is 1.94. The number of likely N-dealkylation sites (tertiary alicyclic amines) is 1. The summed E-state index contributed by atoms with van der Waals surface area (Å²) < 4.78 is 16.6. The summed E-state index contributed by atoms with van der Waals surface area (Å²) in [7, 11) is 0. The molecule has 0 bridgehead atoms. The highest BCUT2D eigenvalue weighted by atomic mass is 16.7. The first kappa shape index (κ1) is 23.1. The molecule has 1 N–H and O–H groups in total. The normalized spacial score (nSPS) is 15.2. The van der Waals surface area contributed by atoms with Gasteiger partial charge in [-0.3, -0.25) is 9.59 Å². The first-order valence-electron chi connectivity index (χ1n) is 12.5. The van der Waals surface area contributed by atoms with Crippen molar-refractivity contribution in [1.29, 1.82) is 0 Å². The number of nitrogens with zero attached hydrogens (tertiary/aromatic N) is 2. The molecule has 0 atom stereocenters. The van der Waals surface area contributed by atoms with Crippen LogP contribution in [0, 0.1) is 5.92 Å². The van der Waals surface area contributed by atoms with Gasteiger partial charge in [0.1, 0.15) is 5.52 Å². The molecule has 2 aliphatic heterocycles. The molecule has 6 rings (SSSR count). The third-order valence-corrected chi connectivity index (χ3v) is 6.96. The number of oxazole rings is 1. The Labute approximate surface area is 214 Å². The molecule has 0 aliphatic carbocycles.